The summed E-state index contributed by atoms with van der Waals surface area (Å²) in [7, 11) is -3.91. The minimum atomic E-state index is -3.91. The second-order valence-electron chi connectivity index (χ2n) is 5.38. The van der Waals surface area contributed by atoms with Crippen molar-refractivity contribution in [2.75, 3.05) is 23.7 Å². The van der Waals surface area contributed by atoms with Crippen LogP contribution in [0.25, 0.3) is 0 Å². The summed E-state index contributed by atoms with van der Waals surface area (Å²) in [5.74, 6) is 0.894. The van der Waals surface area contributed by atoms with Crippen molar-refractivity contribution in [3.8, 4) is 0 Å². The first-order valence-electron chi connectivity index (χ1n) is 8.03. The minimum Gasteiger partial charge on any atom is -0.369 e. The molecule has 0 atom stereocenters. The number of nitrogens with zero attached hydrogens (tertiary/aromatic N) is 3. The lowest BCUT2D eigenvalue weighted by molar-refractivity contribution is 0.558. The van der Waals surface area contributed by atoms with Crippen molar-refractivity contribution in [2.24, 2.45) is 0 Å². The quantitative estimate of drug-likeness (QED) is 0.507. The first kappa shape index (κ1) is 18.7. The van der Waals surface area contributed by atoms with Gasteiger partial charge >= 0.3 is 0 Å². The van der Waals surface area contributed by atoms with Crippen LogP contribution in [0.5, 0.6) is 0 Å². The number of rotatable bonds is 8. The summed E-state index contributed by atoms with van der Waals surface area (Å²) in [6.45, 7) is 0.317. The fourth-order valence-electron chi connectivity index (χ4n) is 2.21. The average molecular weight is 388 g/mol. The van der Waals surface area contributed by atoms with Crippen LogP contribution in [0.2, 0.25) is 0 Å². The molecule has 10 heteroatoms. The Morgan fingerprint density at radius 3 is 2.44 bits per heavy atom. The lowest BCUT2D eigenvalue weighted by Crippen LogP contribution is -2.29. The van der Waals surface area contributed by atoms with Crippen LogP contribution in [0.3, 0.4) is 0 Å². The molecule has 0 amide bonds. The van der Waals surface area contributed by atoms with Gasteiger partial charge in [-0.25, -0.2) is 32.5 Å². The predicted molar refractivity (Wildman–Crippen MR) is 99.6 cm³/mol. The van der Waals surface area contributed by atoms with E-state index in [9.17, 15) is 12.8 Å². The van der Waals surface area contributed by atoms with Crippen LogP contribution in [0.15, 0.2) is 66.0 Å². The summed E-state index contributed by atoms with van der Waals surface area (Å²) >= 11 is 0. The summed E-state index contributed by atoms with van der Waals surface area (Å²) in [6, 6.07) is 12.3. The third-order valence-corrected chi connectivity index (χ3v) is 4.93. The molecule has 0 saturated heterocycles. The van der Waals surface area contributed by atoms with Crippen molar-refractivity contribution in [1.29, 1.82) is 0 Å². The van der Waals surface area contributed by atoms with Crippen molar-refractivity contribution in [3.63, 3.8) is 0 Å². The highest BCUT2D eigenvalue weighted by molar-refractivity contribution is 7.89. The number of nitrogens with one attached hydrogen (secondary N) is 3. The van der Waals surface area contributed by atoms with Crippen molar-refractivity contribution in [3.05, 3.63) is 66.9 Å². The van der Waals surface area contributed by atoms with Gasteiger partial charge in [-0.1, -0.05) is 18.2 Å². The molecule has 2 aromatic heterocycles. The first-order chi connectivity index (χ1) is 13.0. The zero-order chi connectivity index (χ0) is 19.1. The summed E-state index contributed by atoms with van der Waals surface area (Å²) in [5, 5.41) is 6.01. The maximum atomic E-state index is 13.6. The van der Waals surface area contributed by atoms with Gasteiger partial charge in [0, 0.05) is 25.4 Å². The number of pyridine rings is 1. The largest absolute Gasteiger partial charge is 0.369 e. The number of benzene rings is 1. The lowest BCUT2D eigenvalue weighted by Gasteiger charge is -2.10. The molecular formula is C17H17FN6O2S. The van der Waals surface area contributed by atoms with Crippen molar-refractivity contribution < 1.29 is 12.8 Å². The standard InChI is InChI=1S/C17H17FN6O2S/c18-13-5-1-2-6-14(13)27(25,26)23-10-9-20-16-11-17(22-12-21-16)24-15-7-3-4-8-19-15/h1-8,11-12,23H,9-10H2,(H2,19,20,21,22,24). The summed E-state index contributed by atoms with van der Waals surface area (Å²) in [6.07, 6.45) is 3.03. The summed E-state index contributed by atoms with van der Waals surface area (Å²) in [5.41, 5.74) is 0. The molecule has 3 N–H and O–H groups in total. The Bertz CT molecular complexity index is 1000. The molecule has 0 radical (unpaired) electrons. The molecule has 0 fully saturated rings. The number of hydrogen-bond acceptors (Lipinski definition) is 7. The zero-order valence-corrected chi connectivity index (χ0v) is 14.9. The SMILES string of the molecule is O=S(=O)(NCCNc1cc(Nc2ccccn2)ncn1)c1ccccc1F. The Morgan fingerprint density at radius 1 is 0.889 bits per heavy atom. The molecule has 0 aliphatic rings. The summed E-state index contributed by atoms with van der Waals surface area (Å²) in [4.78, 5) is 11.9. The van der Waals surface area contributed by atoms with E-state index in [0.29, 0.717) is 17.5 Å². The highest BCUT2D eigenvalue weighted by Crippen LogP contribution is 2.14. The van der Waals surface area contributed by atoms with Crippen molar-refractivity contribution in [1.82, 2.24) is 19.7 Å². The van der Waals surface area contributed by atoms with E-state index in [0.717, 1.165) is 6.07 Å². The van der Waals surface area contributed by atoms with Crippen molar-refractivity contribution >= 4 is 27.5 Å². The highest BCUT2D eigenvalue weighted by Gasteiger charge is 2.17. The molecule has 2 heterocycles. The fourth-order valence-corrected chi connectivity index (χ4v) is 3.32. The maximum absolute atomic E-state index is 13.6. The minimum absolute atomic E-state index is 0.0592. The number of sulfonamides is 1. The Labute approximate surface area is 156 Å². The second-order valence-corrected chi connectivity index (χ2v) is 7.12. The van der Waals surface area contributed by atoms with E-state index in [-0.39, 0.29) is 18.0 Å². The molecule has 0 unspecified atom stereocenters. The summed E-state index contributed by atoms with van der Waals surface area (Å²) < 4.78 is 40.2. The molecule has 3 aromatic rings. The van der Waals surface area contributed by atoms with Gasteiger partial charge in [0.15, 0.2) is 0 Å². The monoisotopic (exact) mass is 388 g/mol. The number of hydrogen-bond donors (Lipinski definition) is 3. The number of anilines is 3. The third-order valence-electron chi connectivity index (χ3n) is 3.44. The molecule has 27 heavy (non-hydrogen) atoms. The van der Waals surface area contributed by atoms with E-state index in [1.807, 2.05) is 6.07 Å². The molecule has 1 aromatic carbocycles. The second kappa shape index (κ2) is 8.52. The van der Waals surface area contributed by atoms with E-state index >= 15 is 0 Å². The topological polar surface area (TPSA) is 109 Å². The van der Waals surface area contributed by atoms with Crippen LogP contribution in [-0.4, -0.2) is 36.5 Å². The molecule has 140 valence electrons. The number of halogens is 1. The van der Waals surface area contributed by atoms with Gasteiger partial charge in [-0.2, -0.15) is 0 Å². The molecule has 0 spiro atoms. The van der Waals surface area contributed by atoms with Gasteiger partial charge in [0.05, 0.1) is 0 Å². The van der Waals surface area contributed by atoms with Gasteiger partial charge in [0.1, 0.15) is 34.5 Å². The van der Waals surface area contributed by atoms with Crippen LogP contribution in [0.4, 0.5) is 21.8 Å². The highest BCUT2D eigenvalue weighted by atomic mass is 32.2. The lowest BCUT2D eigenvalue weighted by atomic mass is 10.4. The molecule has 0 bridgehead atoms. The van der Waals surface area contributed by atoms with E-state index < -0.39 is 15.8 Å². The maximum Gasteiger partial charge on any atom is 0.243 e. The predicted octanol–water partition coefficient (Wildman–Crippen LogP) is 2.14. The van der Waals surface area contributed by atoms with Crippen LogP contribution >= 0.6 is 0 Å². The van der Waals surface area contributed by atoms with Gasteiger partial charge in [-0.3, -0.25) is 0 Å². The molecule has 0 saturated carbocycles. The number of aromatic nitrogens is 3. The van der Waals surface area contributed by atoms with E-state index in [1.54, 1.807) is 24.4 Å². The van der Waals surface area contributed by atoms with Gasteiger partial charge in [-0.15, -0.1) is 0 Å². The fraction of sp³-hybridized carbons (Fsp3) is 0.118. The Morgan fingerprint density at radius 2 is 1.67 bits per heavy atom. The van der Waals surface area contributed by atoms with Crippen molar-refractivity contribution in [2.45, 2.75) is 4.90 Å². The van der Waals surface area contributed by atoms with E-state index in [2.05, 4.69) is 30.3 Å². The Hall–Kier alpha value is -3.11. The molecule has 8 nitrogen and oxygen atoms in total. The van der Waals surface area contributed by atoms with Gasteiger partial charge < -0.3 is 10.6 Å². The molecule has 0 aliphatic heterocycles. The van der Waals surface area contributed by atoms with Crippen LogP contribution in [0.1, 0.15) is 0 Å². The first-order valence-corrected chi connectivity index (χ1v) is 9.51. The molecule has 0 aliphatic carbocycles. The Kier molecular flexibility index (Phi) is 5.89. The zero-order valence-electron chi connectivity index (χ0n) is 14.1. The molecule has 3 rings (SSSR count). The smallest absolute Gasteiger partial charge is 0.243 e. The van der Waals surface area contributed by atoms with Crippen LogP contribution in [0, 0.1) is 5.82 Å². The van der Waals surface area contributed by atoms with Crippen LogP contribution in [-0.2, 0) is 10.0 Å². The van der Waals surface area contributed by atoms with Gasteiger partial charge in [-0.05, 0) is 24.3 Å². The molecular weight excluding hydrogens is 371 g/mol. The normalized spacial score (nSPS) is 11.1. The van der Waals surface area contributed by atoms with Crippen LogP contribution < -0.4 is 15.4 Å². The Balaban J connectivity index is 1.53. The average Bonchev–Trinajstić information content (AvgIpc) is 2.67. The van der Waals surface area contributed by atoms with Gasteiger partial charge in [0.2, 0.25) is 10.0 Å². The van der Waals surface area contributed by atoms with Gasteiger partial charge in [0.25, 0.3) is 0 Å². The third kappa shape index (κ3) is 5.19. The van der Waals surface area contributed by atoms with E-state index in [4.69, 9.17) is 0 Å². The van der Waals surface area contributed by atoms with E-state index in [1.165, 1.54) is 24.5 Å².